The van der Waals surface area contributed by atoms with Crippen LogP contribution in [0.4, 0.5) is 4.79 Å². The Balaban J connectivity index is 0.000000231. The van der Waals surface area contributed by atoms with Crippen molar-refractivity contribution in [1.82, 2.24) is 14.5 Å². The van der Waals surface area contributed by atoms with E-state index in [4.69, 9.17) is 9.47 Å². The van der Waals surface area contributed by atoms with Gasteiger partial charge in [-0.25, -0.2) is 14.4 Å². The second kappa shape index (κ2) is 12.3. The van der Waals surface area contributed by atoms with Crippen molar-refractivity contribution >= 4 is 29.6 Å². The Morgan fingerprint density at radius 3 is 2.05 bits per heavy atom. The lowest BCUT2D eigenvalue weighted by Gasteiger charge is -2.34. The van der Waals surface area contributed by atoms with Gasteiger partial charge in [0.05, 0.1) is 36.7 Å². The molecule has 1 N–H and O–H groups in total. The summed E-state index contributed by atoms with van der Waals surface area (Å²) in [7, 11) is 2.70. The van der Waals surface area contributed by atoms with Crippen molar-refractivity contribution in [2.24, 2.45) is 0 Å². The predicted octanol–water partition coefficient (Wildman–Crippen LogP) is 4.69. The summed E-state index contributed by atoms with van der Waals surface area (Å²) < 4.78 is 16.9. The molecule has 1 saturated heterocycles. The molecule has 1 fully saturated rings. The highest BCUT2D eigenvalue weighted by atomic mass is 16.6. The molecule has 0 spiro atoms. The zero-order valence-corrected chi connectivity index (χ0v) is 24.5. The van der Waals surface area contributed by atoms with Gasteiger partial charge in [0.1, 0.15) is 5.60 Å². The number of carbonyl (C=O) groups is 5. The van der Waals surface area contributed by atoms with E-state index in [0.717, 1.165) is 36.8 Å². The summed E-state index contributed by atoms with van der Waals surface area (Å²) in [6, 6.07) is 0.0814. The first kappa shape index (κ1) is 30.1. The number of methoxy groups -OCH3 is 2. The smallest absolute Gasteiger partial charge is 0.410 e. The van der Waals surface area contributed by atoms with Crippen LogP contribution in [0.5, 0.6) is 0 Å². The quantitative estimate of drug-likeness (QED) is 0.415. The van der Waals surface area contributed by atoms with Gasteiger partial charge in [-0.05, 0) is 70.4 Å². The lowest BCUT2D eigenvalue weighted by Crippen LogP contribution is -2.42. The number of ketones is 2. The first-order valence-electron chi connectivity index (χ1n) is 14.1. The summed E-state index contributed by atoms with van der Waals surface area (Å²) in [5.74, 6) is -0.606. The van der Waals surface area contributed by atoms with Crippen LogP contribution >= 0.6 is 0 Å². The molecule has 2 aliphatic carbocycles. The highest BCUT2D eigenvalue weighted by Crippen LogP contribution is 2.33. The Morgan fingerprint density at radius 1 is 0.854 bits per heavy atom. The molecule has 1 aliphatic heterocycles. The maximum Gasteiger partial charge on any atom is 0.410 e. The highest BCUT2D eigenvalue weighted by molar-refractivity contribution is 6.02. The monoisotopic (exact) mass is 569 g/mol. The second-order valence-electron chi connectivity index (χ2n) is 11.6. The van der Waals surface area contributed by atoms with Crippen molar-refractivity contribution in [3.63, 3.8) is 0 Å². The third-order valence-electron chi connectivity index (χ3n) is 7.65. The van der Waals surface area contributed by atoms with Crippen molar-refractivity contribution in [2.45, 2.75) is 83.8 Å². The summed E-state index contributed by atoms with van der Waals surface area (Å²) in [4.78, 5) is 64.2. The minimum absolute atomic E-state index is 0.0814. The fourth-order valence-electron chi connectivity index (χ4n) is 5.71. The van der Waals surface area contributed by atoms with E-state index >= 15 is 0 Å². The van der Waals surface area contributed by atoms with E-state index in [0.29, 0.717) is 61.3 Å². The molecular weight excluding hydrogens is 530 g/mol. The summed E-state index contributed by atoms with van der Waals surface area (Å²) in [6.07, 6.45) is 8.59. The fourth-order valence-corrected chi connectivity index (χ4v) is 5.71. The molecule has 0 atom stereocenters. The number of carbonyl (C=O) groups excluding carboxylic acids is 5. The van der Waals surface area contributed by atoms with Crippen molar-refractivity contribution < 1.29 is 38.2 Å². The van der Waals surface area contributed by atoms with Crippen LogP contribution in [-0.2, 0) is 27.1 Å². The van der Waals surface area contributed by atoms with E-state index < -0.39 is 11.6 Å². The number of hydrogen-bond donors (Lipinski definition) is 1. The number of ether oxygens (including phenoxy) is 3. The standard InChI is InChI=1S/C20H28N2O5.C10H11NO3/c1-20(2,3)27-19(25)21-10-8-13(9-11-21)22-12-15(18(24)26-4)14-6-5-7-16(23)17(14)22;1-14-10(13)7-5-11-9-6(7)3-2-4-8(9)12/h12-13H,5-11H2,1-4H3;5,11H,2-4H2,1H3. The van der Waals surface area contributed by atoms with Gasteiger partial charge in [0.15, 0.2) is 11.6 Å². The second-order valence-corrected chi connectivity index (χ2v) is 11.6. The summed E-state index contributed by atoms with van der Waals surface area (Å²) >= 11 is 0. The number of nitrogens with zero attached hydrogens (tertiary/aromatic N) is 2. The fraction of sp³-hybridized carbons (Fsp3) is 0.567. The number of aromatic amines is 1. The number of nitrogens with one attached hydrogen (secondary N) is 1. The normalized spacial score (nSPS) is 17.1. The largest absolute Gasteiger partial charge is 0.465 e. The maximum atomic E-state index is 12.5. The van der Waals surface area contributed by atoms with Gasteiger partial charge >= 0.3 is 18.0 Å². The third kappa shape index (κ3) is 6.55. The van der Waals surface area contributed by atoms with Gasteiger partial charge in [-0.15, -0.1) is 0 Å². The van der Waals surface area contributed by atoms with E-state index in [1.165, 1.54) is 14.2 Å². The van der Waals surface area contributed by atoms with Gasteiger partial charge in [-0.3, -0.25) is 9.59 Å². The lowest BCUT2D eigenvalue weighted by atomic mass is 9.93. The zero-order chi connectivity index (χ0) is 29.9. The number of piperidine rings is 1. The number of aromatic nitrogens is 2. The van der Waals surface area contributed by atoms with Crippen LogP contribution in [0, 0.1) is 0 Å². The van der Waals surface area contributed by atoms with Crippen LogP contribution < -0.4 is 0 Å². The predicted molar refractivity (Wildman–Crippen MR) is 149 cm³/mol. The Labute approximate surface area is 239 Å². The average Bonchev–Trinajstić information content (AvgIpc) is 3.56. The molecule has 0 radical (unpaired) electrons. The topological polar surface area (TPSA) is 137 Å². The first-order valence-corrected chi connectivity index (χ1v) is 14.1. The average molecular weight is 570 g/mol. The van der Waals surface area contributed by atoms with Gasteiger partial charge in [0.2, 0.25) is 0 Å². The zero-order valence-electron chi connectivity index (χ0n) is 24.5. The molecule has 41 heavy (non-hydrogen) atoms. The summed E-state index contributed by atoms with van der Waals surface area (Å²) in [5.41, 5.74) is 3.33. The maximum absolute atomic E-state index is 12.5. The van der Waals surface area contributed by atoms with Gasteiger partial charge in [-0.2, -0.15) is 0 Å². The minimum atomic E-state index is -0.519. The highest BCUT2D eigenvalue weighted by Gasteiger charge is 2.34. The van der Waals surface area contributed by atoms with Crippen LogP contribution in [-0.4, -0.2) is 77.0 Å². The minimum Gasteiger partial charge on any atom is -0.465 e. The summed E-state index contributed by atoms with van der Waals surface area (Å²) in [6.45, 7) is 6.68. The van der Waals surface area contributed by atoms with E-state index in [9.17, 15) is 24.0 Å². The van der Waals surface area contributed by atoms with Crippen molar-refractivity contribution in [3.8, 4) is 0 Å². The number of rotatable bonds is 3. The SMILES string of the molecule is COC(=O)c1c[nH]c2c1CCCC2=O.COC(=O)c1cn(C2CCN(C(=O)OC(C)(C)C)CC2)c2c1CCCC2=O. The van der Waals surface area contributed by atoms with Crippen LogP contribution in [0.3, 0.4) is 0 Å². The molecule has 0 bridgehead atoms. The Hall–Kier alpha value is -3.89. The third-order valence-corrected chi connectivity index (χ3v) is 7.65. The molecule has 0 aromatic carbocycles. The van der Waals surface area contributed by atoms with Crippen LogP contribution in [0.15, 0.2) is 12.4 Å². The molecule has 11 heteroatoms. The molecule has 222 valence electrons. The van der Waals surface area contributed by atoms with Crippen molar-refractivity contribution in [3.05, 3.63) is 46.0 Å². The van der Waals surface area contributed by atoms with Gasteiger partial charge in [-0.1, -0.05) is 0 Å². The van der Waals surface area contributed by atoms with Crippen LogP contribution in [0.2, 0.25) is 0 Å². The molecule has 3 aliphatic rings. The molecule has 1 amide bonds. The summed E-state index contributed by atoms with van der Waals surface area (Å²) in [5, 5.41) is 0. The number of amides is 1. The molecular formula is C30H39N3O8. The molecule has 11 nitrogen and oxygen atoms in total. The number of hydrogen-bond acceptors (Lipinski definition) is 8. The first-order chi connectivity index (χ1) is 19.4. The molecule has 2 aromatic rings. The molecule has 3 heterocycles. The molecule has 0 unspecified atom stereocenters. The van der Waals surface area contributed by atoms with E-state index in [1.54, 1.807) is 17.3 Å². The number of esters is 2. The molecule has 2 aromatic heterocycles. The van der Waals surface area contributed by atoms with Gasteiger partial charge in [0.25, 0.3) is 0 Å². The number of H-pyrrole nitrogens is 1. The van der Waals surface area contributed by atoms with Crippen LogP contribution in [0.25, 0.3) is 0 Å². The van der Waals surface area contributed by atoms with E-state index in [1.807, 2.05) is 25.3 Å². The Kier molecular flexibility index (Phi) is 9.04. The van der Waals surface area contributed by atoms with Gasteiger partial charge < -0.3 is 28.7 Å². The van der Waals surface area contributed by atoms with E-state index in [2.05, 4.69) is 9.72 Å². The Morgan fingerprint density at radius 2 is 1.44 bits per heavy atom. The lowest BCUT2D eigenvalue weighted by molar-refractivity contribution is 0.0187. The number of Topliss-reactive ketones (excluding diaryl/α,β-unsaturated/α-hetero) is 2. The number of fused-ring (bicyclic) bond motifs is 2. The molecule has 0 saturated carbocycles. The van der Waals surface area contributed by atoms with Crippen LogP contribution in [0.1, 0.15) is 118 Å². The van der Waals surface area contributed by atoms with Crippen molar-refractivity contribution in [2.75, 3.05) is 27.3 Å². The van der Waals surface area contributed by atoms with Gasteiger partial charge in [0, 0.05) is 44.4 Å². The molecule has 5 rings (SSSR count). The van der Waals surface area contributed by atoms with E-state index in [-0.39, 0.29) is 29.7 Å². The number of likely N-dealkylation sites (tertiary alicyclic amines) is 1. The Bertz CT molecular complexity index is 1340. The van der Waals surface area contributed by atoms with Crippen molar-refractivity contribution in [1.29, 1.82) is 0 Å².